The van der Waals surface area contributed by atoms with Crippen molar-refractivity contribution in [1.29, 1.82) is 5.26 Å². The third kappa shape index (κ3) is 1.84. The van der Waals surface area contributed by atoms with E-state index in [1.807, 2.05) is 24.3 Å². The molecule has 3 fully saturated rings. The predicted molar refractivity (Wildman–Crippen MR) is 74.7 cm³/mol. The van der Waals surface area contributed by atoms with Crippen LogP contribution in [-0.2, 0) is 0 Å². The van der Waals surface area contributed by atoms with Gasteiger partial charge in [-0.05, 0) is 48.1 Å². The van der Waals surface area contributed by atoms with Gasteiger partial charge in [-0.25, -0.2) is 0 Å². The van der Waals surface area contributed by atoms with Crippen LogP contribution in [0.3, 0.4) is 0 Å². The average Bonchev–Trinajstić information content (AvgIpc) is 2.41. The molecule has 4 rings (SSSR count). The molecule has 0 saturated heterocycles. The van der Waals surface area contributed by atoms with E-state index in [4.69, 9.17) is 10.00 Å². The second kappa shape index (κ2) is 4.27. The number of para-hydroxylation sites is 1. The van der Waals surface area contributed by atoms with E-state index < -0.39 is 0 Å². The average molecular weight is 255 g/mol. The first-order valence-electron chi connectivity index (χ1n) is 7.20. The maximum atomic E-state index is 9.13. The van der Waals surface area contributed by atoms with Gasteiger partial charge in [-0.15, -0.1) is 0 Å². The molecule has 2 nitrogen and oxygen atoms in total. The number of nitrogens with zero attached hydrogens (tertiary/aromatic N) is 1. The third-order valence-electron chi connectivity index (χ3n) is 5.57. The molecule has 2 bridgehead atoms. The zero-order valence-corrected chi connectivity index (χ0v) is 11.9. The van der Waals surface area contributed by atoms with Gasteiger partial charge < -0.3 is 4.74 Å². The molecule has 0 aromatic heterocycles. The summed E-state index contributed by atoms with van der Waals surface area (Å²) >= 11 is 0. The molecular formula is C17H21NO. The topological polar surface area (TPSA) is 33.0 Å². The molecule has 0 heterocycles. The summed E-state index contributed by atoms with van der Waals surface area (Å²) in [5.74, 6) is 2.88. The van der Waals surface area contributed by atoms with E-state index in [9.17, 15) is 0 Å². The van der Waals surface area contributed by atoms with Gasteiger partial charge in [-0.1, -0.05) is 32.9 Å². The summed E-state index contributed by atoms with van der Waals surface area (Å²) < 4.78 is 6.16. The van der Waals surface area contributed by atoms with E-state index in [0.29, 0.717) is 16.9 Å². The van der Waals surface area contributed by atoms with Gasteiger partial charge in [-0.3, -0.25) is 0 Å². The minimum absolute atomic E-state index is 0.270. The summed E-state index contributed by atoms with van der Waals surface area (Å²) in [4.78, 5) is 0. The summed E-state index contributed by atoms with van der Waals surface area (Å²) in [6.07, 6.45) is 2.75. The van der Waals surface area contributed by atoms with Gasteiger partial charge in [0.1, 0.15) is 17.9 Å². The Labute approximate surface area is 115 Å². The number of fused-ring (bicyclic) bond motifs is 2. The van der Waals surface area contributed by atoms with Crippen molar-refractivity contribution in [3.05, 3.63) is 29.8 Å². The van der Waals surface area contributed by atoms with Crippen LogP contribution in [0.1, 0.15) is 39.2 Å². The molecule has 19 heavy (non-hydrogen) atoms. The zero-order valence-electron chi connectivity index (χ0n) is 11.9. The number of ether oxygens (including phenoxy) is 1. The number of hydrogen-bond acceptors (Lipinski definition) is 2. The van der Waals surface area contributed by atoms with Crippen molar-refractivity contribution in [3.63, 3.8) is 0 Å². The Morgan fingerprint density at radius 2 is 2.00 bits per heavy atom. The molecule has 0 spiro atoms. The Morgan fingerprint density at radius 1 is 1.26 bits per heavy atom. The monoisotopic (exact) mass is 255 g/mol. The number of hydrogen-bond donors (Lipinski definition) is 0. The lowest BCUT2D eigenvalue weighted by molar-refractivity contribution is -0.147. The highest BCUT2D eigenvalue weighted by atomic mass is 16.5. The van der Waals surface area contributed by atoms with Gasteiger partial charge in [0.05, 0.1) is 5.56 Å². The molecule has 0 N–H and O–H groups in total. The Kier molecular flexibility index (Phi) is 2.82. The van der Waals surface area contributed by atoms with Gasteiger partial charge in [0.2, 0.25) is 0 Å². The van der Waals surface area contributed by atoms with Crippen LogP contribution < -0.4 is 4.74 Å². The zero-order chi connectivity index (χ0) is 13.6. The quantitative estimate of drug-likeness (QED) is 0.800. The number of rotatable bonds is 2. The lowest BCUT2D eigenvalue weighted by atomic mass is 9.45. The van der Waals surface area contributed by atoms with E-state index in [-0.39, 0.29) is 6.10 Å². The first kappa shape index (κ1) is 12.5. The molecule has 1 aromatic rings. The highest BCUT2D eigenvalue weighted by molar-refractivity contribution is 5.42. The third-order valence-corrected chi connectivity index (χ3v) is 5.57. The van der Waals surface area contributed by atoms with E-state index in [1.165, 1.54) is 6.42 Å². The highest BCUT2D eigenvalue weighted by Crippen LogP contribution is 2.61. The maximum absolute atomic E-state index is 9.13. The van der Waals surface area contributed by atoms with Gasteiger partial charge in [0.15, 0.2) is 0 Å². The van der Waals surface area contributed by atoms with E-state index in [2.05, 4.69) is 26.8 Å². The molecule has 0 unspecified atom stereocenters. The van der Waals surface area contributed by atoms with Crippen molar-refractivity contribution in [2.75, 3.05) is 0 Å². The van der Waals surface area contributed by atoms with Crippen molar-refractivity contribution in [3.8, 4) is 11.8 Å². The molecule has 0 radical (unpaired) electrons. The Balaban J connectivity index is 1.77. The minimum Gasteiger partial charge on any atom is -0.489 e. The number of benzene rings is 1. The predicted octanol–water partition coefficient (Wildman–Crippen LogP) is 4.01. The molecule has 2 heteroatoms. The fraction of sp³-hybridized carbons (Fsp3) is 0.588. The summed E-state index contributed by atoms with van der Waals surface area (Å²) in [7, 11) is 0. The van der Waals surface area contributed by atoms with Crippen LogP contribution in [0, 0.1) is 34.5 Å². The smallest absolute Gasteiger partial charge is 0.137 e. The lowest BCUT2D eigenvalue weighted by Gasteiger charge is -2.61. The maximum Gasteiger partial charge on any atom is 0.137 e. The van der Waals surface area contributed by atoms with Crippen LogP contribution in [-0.4, -0.2) is 6.10 Å². The summed E-state index contributed by atoms with van der Waals surface area (Å²) in [5, 5.41) is 9.13. The molecular weight excluding hydrogens is 234 g/mol. The molecule has 4 atom stereocenters. The second-order valence-corrected chi connectivity index (χ2v) is 6.72. The Morgan fingerprint density at radius 3 is 2.63 bits per heavy atom. The summed E-state index contributed by atoms with van der Waals surface area (Å²) in [6.45, 7) is 7.09. The first-order valence-corrected chi connectivity index (χ1v) is 7.20. The highest BCUT2D eigenvalue weighted by Gasteiger charge is 2.57. The molecule has 1 aromatic carbocycles. The summed E-state index contributed by atoms with van der Waals surface area (Å²) in [6, 6.07) is 9.78. The fourth-order valence-electron chi connectivity index (χ4n) is 4.08. The van der Waals surface area contributed by atoms with Crippen molar-refractivity contribution in [2.24, 2.45) is 23.2 Å². The molecule has 0 aliphatic heterocycles. The van der Waals surface area contributed by atoms with Gasteiger partial charge in [0.25, 0.3) is 0 Å². The normalized spacial score (nSPS) is 35.1. The molecule has 3 aliphatic carbocycles. The molecule has 0 amide bonds. The van der Waals surface area contributed by atoms with Crippen molar-refractivity contribution in [2.45, 2.75) is 39.7 Å². The van der Waals surface area contributed by atoms with Gasteiger partial charge in [-0.2, -0.15) is 5.26 Å². The van der Waals surface area contributed by atoms with Crippen LogP contribution in [0.5, 0.6) is 5.75 Å². The molecule has 3 saturated carbocycles. The second-order valence-electron chi connectivity index (χ2n) is 6.72. The lowest BCUT2D eigenvalue weighted by Crippen LogP contribution is -2.57. The van der Waals surface area contributed by atoms with E-state index >= 15 is 0 Å². The minimum atomic E-state index is 0.270. The Bertz CT molecular complexity index is 528. The van der Waals surface area contributed by atoms with Crippen molar-refractivity contribution in [1.82, 2.24) is 0 Å². The Hall–Kier alpha value is -1.49. The SMILES string of the molecule is C[C@@H]1[C@@H](Oc2ccccc2C#N)C[C@@H]2C[C@H]1C2(C)C. The first-order chi connectivity index (χ1) is 9.04. The van der Waals surface area contributed by atoms with Crippen LogP contribution in [0.15, 0.2) is 24.3 Å². The van der Waals surface area contributed by atoms with Gasteiger partial charge >= 0.3 is 0 Å². The van der Waals surface area contributed by atoms with Crippen molar-refractivity contribution < 1.29 is 4.74 Å². The largest absolute Gasteiger partial charge is 0.489 e. The fourth-order valence-corrected chi connectivity index (χ4v) is 4.08. The van der Waals surface area contributed by atoms with Crippen molar-refractivity contribution >= 4 is 0 Å². The van der Waals surface area contributed by atoms with Crippen LogP contribution in [0.4, 0.5) is 0 Å². The van der Waals surface area contributed by atoms with E-state index in [0.717, 1.165) is 24.0 Å². The molecule has 3 aliphatic rings. The van der Waals surface area contributed by atoms with Crippen LogP contribution in [0.2, 0.25) is 0 Å². The summed E-state index contributed by atoms with van der Waals surface area (Å²) in [5.41, 5.74) is 1.13. The van der Waals surface area contributed by atoms with Gasteiger partial charge in [0, 0.05) is 0 Å². The molecule has 100 valence electrons. The number of nitriles is 1. The van der Waals surface area contributed by atoms with Crippen LogP contribution >= 0.6 is 0 Å². The van der Waals surface area contributed by atoms with Crippen LogP contribution in [0.25, 0.3) is 0 Å². The standard InChI is InChI=1S/C17H21NO/c1-11-14-8-13(17(14,2)3)9-16(11)19-15-7-5-4-6-12(15)10-18/h4-7,11,13-14,16H,8-9H2,1-3H3/t11-,13-,14+,16-/m0/s1. The van der Waals surface area contributed by atoms with E-state index in [1.54, 1.807) is 0 Å².